The van der Waals surface area contributed by atoms with E-state index in [1.54, 1.807) is 48.5 Å². The molecular formula is C28H27NO5. The van der Waals surface area contributed by atoms with E-state index in [4.69, 9.17) is 9.47 Å². The van der Waals surface area contributed by atoms with Gasteiger partial charge in [0.25, 0.3) is 0 Å². The zero-order valence-electron chi connectivity index (χ0n) is 19.1. The first-order valence-electron chi connectivity index (χ1n) is 12.2. The van der Waals surface area contributed by atoms with Crippen LogP contribution in [0.5, 0.6) is 11.5 Å². The number of esters is 1. The topological polar surface area (TPSA) is 72.9 Å². The quantitative estimate of drug-likeness (QED) is 0.199. The lowest BCUT2D eigenvalue weighted by Crippen LogP contribution is -2.40. The Hall–Kier alpha value is -3.41. The predicted molar refractivity (Wildman–Crippen MR) is 125 cm³/mol. The van der Waals surface area contributed by atoms with Gasteiger partial charge >= 0.3 is 5.97 Å². The van der Waals surface area contributed by atoms with Gasteiger partial charge in [-0.2, -0.15) is 0 Å². The number of amides is 2. The Kier molecular flexibility index (Phi) is 5.05. The average molecular weight is 458 g/mol. The molecule has 3 fully saturated rings. The summed E-state index contributed by atoms with van der Waals surface area (Å²) in [5.74, 6) is 1.24. The molecule has 2 amide bonds. The maximum atomic E-state index is 13.3. The molecule has 2 aromatic carbocycles. The molecule has 0 aromatic heterocycles. The summed E-state index contributed by atoms with van der Waals surface area (Å²) in [5, 5.41) is 0. The van der Waals surface area contributed by atoms with E-state index in [9.17, 15) is 14.4 Å². The lowest BCUT2D eigenvalue weighted by atomic mass is 9.63. The van der Waals surface area contributed by atoms with Crippen LogP contribution >= 0.6 is 0 Å². The van der Waals surface area contributed by atoms with Crippen LogP contribution in [0.1, 0.15) is 36.5 Å². The van der Waals surface area contributed by atoms with Gasteiger partial charge in [-0.15, -0.1) is 0 Å². The standard InChI is InChI=1S/C28H27NO5/c1-2-3-13-33-18-7-9-19(10-8-18)34-28(32)16-5-4-6-17(14-16)29-26(30)24-20-11-12-21(23-15-22(20)23)25(24)27(29)31/h4-12,14,20-25H,2-3,13,15H2,1H3/t20-,21-,22-,23-,24+,25+/m0/s1. The van der Waals surface area contributed by atoms with E-state index in [0.29, 0.717) is 35.4 Å². The Bertz CT molecular complexity index is 1150. The van der Waals surface area contributed by atoms with Crippen LogP contribution < -0.4 is 14.4 Å². The van der Waals surface area contributed by atoms with E-state index in [2.05, 4.69) is 19.1 Å². The second kappa shape index (κ2) is 8.12. The maximum absolute atomic E-state index is 13.3. The van der Waals surface area contributed by atoms with Gasteiger partial charge in [-0.25, -0.2) is 9.69 Å². The minimum atomic E-state index is -0.541. The summed E-state index contributed by atoms with van der Waals surface area (Å²) >= 11 is 0. The molecule has 2 aromatic rings. The summed E-state index contributed by atoms with van der Waals surface area (Å²) in [4.78, 5) is 40.8. The number of carbonyl (C=O) groups excluding carboxylic acids is 3. The molecule has 0 radical (unpaired) electrons. The lowest BCUT2D eigenvalue weighted by Gasteiger charge is -2.37. The van der Waals surface area contributed by atoms with Crippen molar-refractivity contribution in [3.05, 3.63) is 66.2 Å². The summed E-state index contributed by atoms with van der Waals surface area (Å²) in [6.45, 7) is 2.75. The van der Waals surface area contributed by atoms with Crippen molar-refractivity contribution >= 4 is 23.5 Å². The van der Waals surface area contributed by atoms with E-state index in [-0.39, 0.29) is 35.5 Å². The minimum absolute atomic E-state index is 0.135. The molecule has 1 heterocycles. The molecule has 2 saturated carbocycles. The molecule has 1 saturated heterocycles. The van der Waals surface area contributed by atoms with Gasteiger partial charge < -0.3 is 9.47 Å². The van der Waals surface area contributed by atoms with E-state index >= 15 is 0 Å². The highest BCUT2D eigenvalue weighted by molar-refractivity contribution is 6.23. The van der Waals surface area contributed by atoms with Gasteiger partial charge in [-0.3, -0.25) is 9.59 Å². The van der Waals surface area contributed by atoms with Crippen LogP contribution in [-0.4, -0.2) is 24.4 Å². The Labute approximate surface area is 198 Å². The van der Waals surface area contributed by atoms with Crippen LogP contribution in [0.4, 0.5) is 5.69 Å². The molecule has 174 valence electrons. The number of anilines is 1. The molecule has 34 heavy (non-hydrogen) atoms. The third-order valence-electron chi connectivity index (χ3n) is 7.80. The van der Waals surface area contributed by atoms with E-state index in [0.717, 1.165) is 25.0 Å². The zero-order valence-corrected chi connectivity index (χ0v) is 19.1. The van der Waals surface area contributed by atoms with Crippen LogP contribution in [0.2, 0.25) is 0 Å². The summed E-state index contributed by atoms with van der Waals surface area (Å²) in [6.07, 6.45) is 7.48. The van der Waals surface area contributed by atoms with Gasteiger partial charge in [-0.05, 0) is 79.0 Å². The number of benzene rings is 2. The molecule has 6 atom stereocenters. The minimum Gasteiger partial charge on any atom is -0.494 e. The number of unbranched alkanes of at least 4 members (excludes halogenated alkanes) is 1. The Morgan fingerprint density at radius 3 is 2.24 bits per heavy atom. The Balaban J connectivity index is 1.17. The first kappa shape index (κ1) is 21.1. The fourth-order valence-electron chi connectivity index (χ4n) is 6.09. The summed E-state index contributed by atoms with van der Waals surface area (Å²) < 4.78 is 11.2. The van der Waals surface area contributed by atoms with E-state index in [1.165, 1.54) is 4.90 Å². The smallest absolute Gasteiger partial charge is 0.343 e. The molecule has 4 aliphatic carbocycles. The van der Waals surface area contributed by atoms with Crippen molar-refractivity contribution in [1.29, 1.82) is 0 Å². The van der Waals surface area contributed by atoms with Crippen molar-refractivity contribution in [2.75, 3.05) is 11.5 Å². The van der Waals surface area contributed by atoms with Crippen LogP contribution in [0.15, 0.2) is 60.7 Å². The highest BCUT2D eigenvalue weighted by Crippen LogP contribution is 2.65. The van der Waals surface area contributed by atoms with Gasteiger partial charge in [0.15, 0.2) is 0 Å². The van der Waals surface area contributed by atoms with Crippen LogP contribution in [0, 0.1) is 35.5 Å². The number of allylic oxidation sites excluding steroid dienone is 2. The monoisotopic (exact) mass is 457 g/mol. The molecule has 5 aliphatic rings. The van der Waals surface area contributed by atoms with Crippen molar-refractivity contribution in [3.8, 4) is 11.5 Å². The molecule has 0 unspecified atom stereocenters. The summed E-state index contributed by atoms with van der Waals surface area (Å²) in [5.41, 5.74) is 0.729. The number of ether oxygens (including phenoxy) is 2. The van der Waals surface area contributed by atoms with Crippen molar-refractivity contribution in [3.63, 3.8) is 0 Å². The van der Waals surface area contributed by atoms with Gasteiger partial charge in [-0.1, -0.05) is 31.6 Å². The van der Waals surface area contributed by atoms with Crippen molar-refractivity contribution in [2.45, 2.75) is 26.2 Å². The predicted octanol–water partition coefficient (Wildman–Crippen LogP) is 4.64. The largest absolute Gasteiger partial charge is 0.494 e. The number of imide groups is 1. The van der Waals surface area contributed by atoms with Gasteiger partial charge in [0.2, 0.25) is 11.8 Å². The second-order valence-electron chi connectivity index (χ2n) is 9.78. The second-order valence-corrected chi connectivity index (χ2v) is 9.78. The molecule has 6 heteroatoms. The van der Waals surface area contributed by atoms with E-state index < -0.39 is 5.97 Å². The number of carbonyl (C=O) groups is 3. The third kappa shape index (κ3) is 3.35. The first-order valence-corrected chi connectivity index (χ1v) is 12.2. The average Bonchev–Trinajstić information content (AvgIpc) is 3.63. The fraction of sp³-hybridized carbons (Fsp3) is 0.393. The van der Waals surface area contributed by atoms with Crippen LogP contribution in [0.25, 0.3) is 0 Å². The molecule has 0 spiro atoms. The van der Waals surface area contributed by atoms with Gasteiger partial charge in [0.05, 0.1) is 29.7 Å². The molecule has 1 aliphatic heterocycles. The summed E-state index contributed by atoms with van der Waals surface area (Å²) in [7, 11) is 0. The molecule has 7 rings (SSSR count). The summed E-state index contributed by atoms with van der Waals surface area (Å²) in [6, 6.07) is 13.5. The molecule has 0 N–H and O–H groups in total. The van der Waals surface area contributed by atoms with Crippen molar-refractivity contribution < 1.29 is 23.9 Å². The SMILES string of the molecule is CCCCOc1ccc(OC(=O)c2cccc(N3C(=O)[C@@H]4[C@H]5C=C[C@@H]([C@@H]6C[C@@H]56)[C@H]4C3=O)c2)cc1. The van der Waals surface area contributed by atoms with E-state index in [1.807, 2.05) is 0 Å². The van der Waals surface area contributed by atoms with Crippen molar-refractivity contribution in [1.82, 2.24) is 0 Å². The number of hydrogen-bond acceptors (Lipinski definition) is 5. The number of rotatable bonds is 7. The third-order valence-corrected chi connectivity index (χ3v) is 7.80. The maximum Gasteiger partial charge on any atom is 0.343 e. The zero-order chi connectivity index (χ0) is 23.4. The normalized spacial score (nSPS) is 30.2. The molecule has 6 nitrogen and oxygen atoms in total. The molecule has 2 bridgehead atoms. The first-order chi connectivity index (χ1) is 16.6. The van der Waals surface area contributed by atoms with Crippen molar-refractivity contribution in [2.24, 2.45) is 35.5 Å². The lowest BCUT2D eigenvalue weighted by molar-refractivity contribution is -0.124. The Morgan fingerprint density at radius 2 is 1.59 bits per heavy atom. The number of hydrogen-bond donors (Lipinski definition) is 0. The number of nitrogens with zero attached hydrogens (tertiary/aromatic N) is 1. The fourth-order valence-corrected chi connectivity index (χ4v) is 6.09. The van der Waals surface area contributed by atoms with Crippen LogP contribution in [0.3, 0.4) is 0 Å². The Morgan fingerprint density at radius 1 is 0.941 bits per heavy atom. The van der Waals surface area contributed by atoms with Gasteiger partial charge in [0, 0.05) is 0 Å². The van der Waals surface area contributed by atoms with Crippen LogP contribution in [-0.2, 0) is 9.59 Å². The highest BCUT2D eigenvalue weighted by atomic mass is 16.5. The highest BCUT2D eigenvalue weighted by Gasteiger charge is 2.67. The van der Waals surface area contributed by atoms with Gasteiger partial charge in [0.1, 0.15) is 11.5 Å². The molecular weight excluding hydrogens is 430 g/mol.